The van der Waals surface area contributed by atoms with Crippen LogP contribution in [-0.4, -0.2) is 33.3 Å². The fraction of sp³-hybridized carbons (Fsp3) is 0.0169. The highest BCUT2D eigenvalue weighted by atomic mass is 15.4. The van der Waals surface area contributed by atoms with Crippen molar-refractivity contribution in [3.05, 3.63) is 474 Å². The Hall–Kier alpha value is -16.7. The molecule has 0 fully saturated rings. The maximum absolute atomic E-state index is 5.26. The molecule has 126 heavy (non-hydrogen) atoms. The van der Waals surface area contributed by atoms with Gasteiger partial charge in [0.1, 0.15) is 13.3 Å². The molecule has 0 atom stereocenters. The minimum absolute atomic E-state index is 0.706. The summed E-state index contributed by atoms with van der Waals surface area (Å²) in [5, 5.41) is 0. The normalized spacial score (nSPS) is 12.2. The van der Waals surface area contributed by atoms with Gasteiger partial charge in [0.2, 0.25) is 0 Å². The molecule has 2 aliphatic heterocycles. The van der Waals surface area contributed by atoms with Gasteiger partial charge in [-0.05, 0) is 268 Å². The monoisotopic (exact) mass is 1610 g/mol. The molecule has 0 radical (unpaired) electrons. The molecule has 0 bridgehead atoms. The van der Waals surface area contributed by atoms with E-state index in [9.17, 15) is 0 Å². The molecular weight excluding hydrogens is 1530 g/mol. The highest BCUT2D eigenvalue weighted by Crippen LogP contribution is 2.50. The van der Waals surface area contributed by atoms with Gasteiger partial charge in [-0.3, -0.25) is 19.9 Å². The third kappa shape index (κ3) is 14.7. The summed E-state index contributed by atoms with van der Waals surface area (Å²) in [6, 6.07) is 162. The summed E-state index contributed by atoms with van der Waals surface area (Å²) < 4.78 is 0. The van der Waals surface area contributed by atoms with Crippen LogP contribution in [0.15, 0.2) is 474 Å². The van der Waals surface area contributed by atoms with E-state index in [0.717, 1.165) is 179 Å². The highest BCUT2D eigenvalue weighted by Gasteiger charge is 2.31. The van der Waals surface area contributed by atoms with Crippen LogP contribution in [0.25, 0.3) is 167 Å². The van der Waals surface area contributed by atoms with Crippen molar-refractivity contribution in [1.29, 1.82) is 0 Å². The summed E-state index contributed by atoms with van der Waals surface area (Å²) in [5.41, 5.74) is 41.5. The number of nitrogens with zero attached hydrogens (tertiary/aromatic N) is 8. The van der Waals surface area contributed by atoms with Gasteiger partial charge in [-0.15, -0.1) is 0 Å². The molecule has 2 aliphatic rings. The molecule has 0 unspecified atom stereocenters. The molecule has 16 aromatic carbocycles. The molecule has 0 spiro atoms. The fourth-order valence-electron chi connectivity index (χ4n) is 18.4. The maximum Gasteiger partial charge on any atom is 0.100 e. The molecule has 8 nitrogen and oxygen atoms in total. The van der Waals surface area contributed by atoms with Crippen molar-refractivity contribution in [2.75, 3.05) is 32.9 Å². The number of hydrogen-bond acceptors (Lipinski definition) is 8. The maximum atomic E-state index is 5.26. The van der Waals surface area contributed by atoms with Gasteiger partial charge in [-0.2, -0.15) is 0 Å². The van der Waals surface area contributed by atoms with Crippen molar-refractivity contribution >= 4 is 45.5 Å². The zero-order chi connectivity index (χ0) is 83.6. The van der Waals surface area contributed by atoms with E-state index in [4.69, 9.17) is 9.97 Å². The molecular formula is C118H82N8. The number of para-hydroxylation sites is 6. The van der Waals surface area contributed by atoms with Gasteiger partial charge in [0.15, 0.2) is 0 Å². The Morgan fingerprint density at radius 1 is 0.143 bits per heavy atom. The van der Waals surface area contributed by atoms with Crippen molar-refractivity contribution in [1.82, 2.24) is 19.9 Å². The quantitative estimate of drug-likeness (QED) is 0.0794. The third-order valence-corrected chi connectivity index (χ3v) is 24.6. The van der Waals surface area contributed by atoms with Gasteiger partial charge in [0.25, 0.3) is 0 Å². The van der Waals surface area contributed by atoms with E-state index in [2.05, 4.69) is 454 Å². The van der Waals surface area contributed by atoms with E-state index in [0.29, 0.717) is 13.3 Å². The second kappa shape index (κ2) is 33.4. The molecule has 8 heteroatoms. The Kier molecular flexibility index (Phi) is 20.0. The first-order chi connectivity index (χ1) is 62.5. The van der Waals surface area contributed by atoms with E-state index in [-0.39, 0.29) is 0 Å². The van der Waals surface area contributed by atoms with E-state index < -0.39 is 0 Å². The molecule has 20 aromatic rings. The second-order valence-corrected chi connectivity index (χ2v) is 32.1. The molecule has 6 heterocycles. The van der Waals surface area contributed by atoms with Crippen LogP contribution < -0.4 is 19.6 Å². The van der Waals surface area contributed by atoms with E-state index in [1.807, 2.05) is 49.1 Å². The lowest BCUT2D eigenvalue weighted by Crippen LogP contribution is -2.23. The van der Waals surface area contributed by atoms with Crippen LogP contribution in [0.1, 0.15) is 0 Å². The van der Waals surface area contributed by atoms with E-state index in [1.54, 1.807) is 0 Å². The van der Waals surface area contributed by atoms with E-state index in [1.165, 1.54) is 34.1 Å². The SMILES string of the molecule is c1ccc(N2CN(c3ccc(-c4ccccc4-c4cc(-c5ccccc5-c5ccc(N6CN(c7ccccc7)c7ccccc76)cc5)cc(-c5ccccc5-c5ccc(-c6ccc(-c7ccccc7-c7cc(-c8ccccc8-c8ccc(-c9ccccn9)cc8)cc(-c8ccccc8-c8ccc(-c9ccccn9)cc8)c7)cn6)nc5)c4)cc3)c3ccccc32)cc1. The summed E-state index contributed by atoms with van der Waals surface area (Å²) in [4.78, 5) is 29.4. The first kappa shape index (κ1) is 75.5. The van der Waals surface area contributed by atoms with Crippen LogP contribution in [0.4, 0.5) is 45.5 Å². The van der Waals surface area contributed by atoms with Crippen molar-refractivity contribution in [2.45, 2.75) is 0 Å². The van der Waals surface area contributed by atoms with Crippen molar-refractivity contribution < 1.29 is 0 Å². The summed E-state index contributed by atoms with van der Waals surface area (Å²) in [5.74, 6) is 0. The van der Waals surface area contributed by atoms with Crippen LogP contribution in [0.3, 0.4) is 0 Å². The summed E-state index contributed by atoms with van der Waals surface area (Å²) in [7, 11) is 0. The molecule has 0 saturated carbocycles. The Labute approximate surface area is 734 Å². The van der Waals surface area contributed by atoms with Gasteiger partial charge in [-0.25, -0.2) is 0 Å². The molecule has 4 aromatic heterocycles. The van der Waals surface area contributed by atoms with Gasteiger partial charge >= 0.3 is 0 Å². The lowest BCUT2D eigenvalue weighted by Gasteiger charge is -2.22. The van der Waals surface area contributed by atoms with Gasteiger partial charge < -0.3 is 19.6 Å². The van der Waals surface area contributed by atoms with Gasteiger partial charge in [-0.1, -0.05) is 303 Å². The number of pyridine rings is 4. The third-order valence-electron chi connectivity index (χ3n) is 24.6. The van der Waals surface area contributed by atoms with Crippen LogP contribution in [-0.2, 0) is 0 Å². The topological polar surface area (TPSA) is 64.5 Å². The Bertz CT molecular complexity index is 7010. The molecule has 594 valence electrons. The first-order valence-corrected chi connectivity index (χ1v) is 42.9. The zero-order valence-electron chi connectivity index (χ0n) is 69.0. The number of aromatic nitrogens is 4. The van der Waals surface area contributed by atoms with Gasteiger partial charge in [0.05, 0.1) is 45.5 Å². The second-order valence-electron chi connectivity index (χ2n) is 32.1. The molecule has 22 rings (SSSR count). The van der Waals surface area contributed by atoms with Crippen molar-refractivity contribution in [3.8, 4) is 167 Å². The molecule has 0 N–H and O–H groups in total. The number of rotatable bonds is 19. The predicted molar refractivity (Wildman–Crippen MR) is 523 cm³/mol. The smallest absolute Gasteiger partial charge is 0.100 e. The van der Waals surface area contributed by atoms with Crippen LogP contribution in [0, 0.1) is 0 Å². The summed E-state index contributed by atoms with van der Waals surface area (Å²) in [6.45, 7) is 1.41. The Morgan fingerprint density at radius 2 is 0.349 bits per heavy atom. The zero-order valence-corrected chi connectivity index (χ0v) is 69.0. The average molecular weight is 1610 g/mol. The highest BCUT2D eigenvalue weighted by molar-refractivity contribution is 5.99. The number of benzene rings is 16. The van der Waals surface area contributed by atoms with Crippen LogP contribution in [0.5, 0.6) is 0 Å². The Balaban J connectivity index is 0.600. The summed E-state index contributed by atoms with van der Waals surface area (Å²) in [6.07, 6.45) is 7.71. The molecule has 0 amide bonds. The predicted octanol–water partition coefficient (Wildman–Crippen LogP) is 30.8. The number of fused-ring (bicyclic) bond motifs is 2. The lowest BCUT2D eigenvalue weighted by molar-refractivity contribution is 0.991. The standard InChI is InChI=1S/C118H82N8/c1-3-27-95(28-4-1)123-79-125(117-47-21-19-45-115(117)123)97-63-57-83(58-64-97)101-33-9-15-39-107(101)91-72-92(108-40-16-10-34-102(108)84-59-65-98(66-60-84)126-80-124(96-29-5-2-6-30-96)116-46-20-22-48-118(116)126)76-94(75-91)110-42-18-12-36-104(110)88-62-68-114(122-78-88)113-67-61-87(77-121-113)103-35-11-17-41-109(103)93-73-89(105-37-13-7-31-99(105)81-49-53-85(54-50-81)111-43-23-25-69-119-111)71-90(74-93)106-38-14-8-32-100(106)82-51-55-86(56-52-82)112-44-24-26-70-120-112/h1-78H,79-80H2. The van der Waals surface area contributed by atoms with Crippen molar-refractivity contribution in [3.63, 3.8) is 0 Å². The lowest BCUT2D eigenvalue weighted by atomic mass is 9.86. The first-order valence-electron chi connectivity index (χ1n) is 42.9. The van der Waals surface area contributed by atoms with Crippen molar-refractivity contribution in [2.24, 2.45) is 0 Å². The molecule has 0 saturated heterocycles. The number of anilines is 8. The number of hydrogen-bond donors (Lipinski definition) is 0. The fourth-order valence-corrected chi connectivity index (χ4v) is 18.4. The minimum atomic E-state index is 0.706. The Morgan fingerprint density at radius 3 is 0.595 bits per heavy atom. The molecule has 0 aliphatic carbocycles. The minimum Gasteiger partial charge on any atom is -0.321 e. The average Bonchev–Trinajstić information content (AvgIpc) is 1.48. The van der Waals surface area contributed by atoms with Crippen LogP contribution >= 0.6 is 0 Å². The van der Waals surface area contributed by atoms with Crippen LogP contribution in [0.2, 0.25) is 0 Å². The van der Waals surface area contributed by atoms with E-state index >= 15 is 0 Å². The largest absolute Gasteiger partial charge is 0.321 e. The van der Waals surface area contributed by atoms with Gasteiger partial charge in [0, 0.05) is 69.8 Å². The summed E-state index contributed by atoms with van der Waals surface area (Å²) >= 11 is 0.